The zero-order chi connectivity index (χ0) is 16.1. The third-order valence-corrected chi connectivity index (χ3v) is 3.50. The van der Waals surface area contributed by atoms with Crippen LogP contribution in [0.15, 0.2) is 78.0 Å². The van der Waals surface area contributed by atoms with Crippen LogP contribution in [0.25, 0.3) is 0 Å². The molecule has 0 aliphatic carbocycles. The lowest BCUT2D eigenvalue weighted by molar-refractivity contribution is 0.0941. The van der Waals surface area contributed by atoms with E-state index in [1.807, 2.05) is 60.7 Å². The summed E-state index contributed by atoms with van der Waals surface area (Å²) in [7, 11) is 0. The molecule has 0 spiro atoms. The van der Waals surface area contributed by atoms with Gasteiger partial charge in [0, 0.05) is 6.20 Å². The van der Waals surface area contributed by atoms with Crippen LogP contribution < -0.4 is 10.9 Å². The third kappa shape index (κ3) is 3.35. The van der Waals surface area contributed by atoms with Gasteiger partial charge in [-0.15, -0.1) is 0 Å². The molecule has 114 valence electrons. The molecule has 0 bridgehead atoms. The molecule has 2 N–H and O–H groups in total. The van der Waals surface area contributed by atoms with Gasteiger partial charge in [0.2, 0.25) is 0 Å². The number of carbonyl (C=O) groups excluding carboxylic acids is 1. The van der Waals surface area contributed by atoms with Crippen LogP contribution in [0.2, 0.25) is 0 Å². The number of H-pyrrole nitrogens is 1. The van der Waals surface area contributed by atoms with Gasteiger partial charge < -0.3 is 10.3 Å². The van der Waals surface area contributed by atoms with Crippen molar-refractivity contribution in [3.8, 4) is 0 Å². The van der Waals surface area contributed by atoms with Gasteiger partial charge in [0.25, 0.3) is 11.5 Å². The first kappa shape index (κ1) is 14.7. The Morgan fingerprint density at radius 3 is 2.04 bits per heavy atom. The Morgan fingerprint density at radius 1 is 0.957 bits per heavy atom. The smallest absolute Gasteiger partial charge is 0.263 e. The molecule has 2 aromatic carbocycles. The van der Waals surface area contributed by atoms with Gasteiger partial charge in [-0.25, -0.2) is 4.98 Å². The van der Waals surface area contributed by atoms with Crippen molar-refractivity contribution in [2.45, 2.75) is 6.04 Å². The molecule has 0 radical (unpaired) electrons. The van der Waals surface area contributed by atoms with Gasteiger partial charge >= 0.3 is 0 Å². The minimum Gasteiger partial charge on any atom is -0.341 e. The van der Waals surface area contributed by atoms with Crippen LogP contribution in [-0.2, 0) is 0 Å². The lowest BCUT2D eigenvalue weighted by atomic mass is 9.98. The minimum atomic E-state index is -0.461. The highest BCUT2D eigenvalue weighted by molar-refractivity contribution is 5.94. The number of aromatic amines is 1. The van der Waals surface area contributed by atoms with E-state index in [0.29, 0.717) is 0 Å². The van der Waals surface area contributed by atoms with Gasteiger partial charge in [0.1, 0.15) is 5.56 Å². The van der Waals surface area contributed by atoms with Crippen LogP contribution in [0.4, 0.5) is 0 Å². The second-order valence-corrected chi connectivity index (χ2v) is 5.02. The predicted molar refractivity (Wildman–Crippen MR) is 87.1 cm³/mol. The number of amides is 1. The number of carbonyl (C=O) groups is 1. The molecule has 5 nitrogen and oxygen atoms in total. The summed E-state index contributed by atoms with van der Waals surface area (Å²) in [4.78, 5) is 30.4. The van der Waals surface area contributed by atoms with E-state index in [9.17, 15) is 9.59 Å². The maximum atomic E-state index is 12.5. The number of nitrogens with zero attached hydrogens (tertiary/aromatic N) is 1. The Bertz CT molecular complexity index is 805. The van der Waals surface area contributed by atoms with Crippen LogP contribution in [0.5, 0.6) is 0 Å². The van der Waals surface area contributed by atoms with Crippen molar-refractivity contribution in [3.05, 3.63) is 100 Å². The highest BCUT2D eigenvalue weighted by Gasteiger charge is 2.19. The van der Waals surface area contributed by atoms with E-state index in [1.54, 1.807) is 0 Å². The first-order chi connectivity index (χ1) is 11.3. The van der Waals surface area contributed by atoms with Gasteiger partial charge in [0.05, 0.1) is 12.4 Å². The molecular weight excluding hydrogens is 290 g/mol. The minimum absolute atomic E-state index is 0.00985. The fourth-order valence-corrected chi connectivity index (χ4v) is 2.36. The van der Waals surface area contributed by atoms with Crippen LogP contribution in [0, 0.1) is 0 Å². The number of aromatic nitrogens is 2. The second-order valence-electron chi connectivity index (χ2n) is 5.02. The van der Waals surface area contributed by atoms with Gasteiger partial charge in [-0.2, -0.15) is 0 Å². The van der Waals surface area contributed by atoms with Gasteiger partial charge in [-0.3, -0.25) is 9.59 Å². The van der Waals surface area contributed by atoms with Crippen LogP contribution in [0.3, 0.4) is 0 Å². The Labute approximate surface area is 133 Å². The number of nitrogens with one attached hydrogen (secondary N) is 2. The number of benzene rings is 2. The highest BCUT2D eigenvalue weighted by Crippen LogP contribution is 2.21. The molecule has 1 heterocycles. The monoisotopic (exact) mass is 305 g/mol. The number of hydrogen-bond donors (Lipinski definition) is 2. The molecule has 23 heavy (non-hydrogen) atoms. The van der Waals surface area contributed by atoms with Crippen molar-refractivity contribution in [2.24, 2.45) is 0 Å². The molecule has 0 fully saturated rings. The third-order valence-electron chi connectivity index (χ3n) is 3.50. The topological polar surface area (TPSA) is 74.8 Å². The van der Waals surface area contributed by atoms with E-state index in [-0.39, 0.29) is 11.6 Å². The molecule has 3 aromatic rings. The summed E-state index contributed by atoms with van der Waals surface area (Å²) >= 11 is 0. The second kappa shape index (κ2) is 6.70. The zero-order valence-corrected chi connectivity index (χ0v) is 12.3. The maximum absolute atomic E-state index is 12.5. The van der Waals surface area contributed by atoms with E-state index in [0.717, 1.165) is 11.1 Å². The normalized spacial score (nSPS) is 10.5. The summed E-state index contributed by atoms with van der Waals surface area (Å²) in [5, 5.41) is 2.91. The van der Waals surface area contributed by atoms with E-state index >= 15 is 0 Å². The fourth-order valence-electron chi connectivity index (χ4n) is 2.36. The molecule has 5 heteroatoms. The van der Waals surface area contributed by atoms with Crippen LogP contribution in [0.1, 0.15) is 27.5 Å². The van der Waals surface area contributed by atoms with Crippen LogP contribution >= 0.6 is 0 Å². The molecule has 0 saturated carbocycles. The fraction of sp³-hybridized carbons (Fsp3) is 0.0556. The van der Waals surface area contributed by atoms with Crippen molar-refractivity contribution >= 4 is 5.91 Å². The molecular formula is C18H15N3O2. The van der Waals surface area contributed by atoms with Crippen molar-refractivity contribution in [3.63, 3.8) is 0 Å². The van der Waals surface area contributed by atoms with Gasteiger partial charge in [-0.05, 0) is 11.1 Å². The standard InChI is InChI=1S/C18H15N3O2/c22-17-15(11-19-12-20-17)18(23)21-16(13-7-3-1-4-8-13)14-9-5-2-6-10-14/h1-12,16H,(H,21,23)(H,19,20,22). The molecule has 0 aliphatic rings. The lowest BCUT2D eigenvalue weighted by Gasteiger charge is -2.19. The van der Waals surface area contributed by atoms with E-state index in [1.165, 1.54) is 12.5 Å². The summed E-state index contributed by atoms with van der Waals surface area (Å²) in [6.07, 6.45) is 2.52. The molecule has 3 rings (SSSR count). The molecule has 0 atom stereocenters. The Kier molecular flexibility index (Phi) is 4.29. The summed E-state index contributed by atoms with van der Waals surface area (Å²) in [6, 6.07) is 18.9. The van der Waals surface area contributed by atoms with E-state index in [2.05, 4.69) is 15.3 Å². The van der Waals surface area contributed by atoms with Crippen molar-refractivity contribution in [2.75, 3.05) is 0 Å². The number of rotatable bonds is 4. The first-order valence-corrected chi connectivity index (χ1v) is 7.19. The summed E-state index contributed by atoms with van der Waals surface area (Å²) in [5.74, 6) is -0.461. The largest absolute Gasteiger partial charge is 0.341 e. The van der Waals surface area contributed by atoms with E-state index in [4.69, 9.17) is 0 Å². The molecule has 1 aromatic heterocycles. The molecule has 0 unspecified atom stereocenters. The lowest BCUT2D eigenvalue weighted by Crippen LogP contribution is -2.33. The average Bonchev–Trinajstić information content (AvgIpc) is 2.61. The Hall–Kier alpha value is -3.21. The SMILES string of the molecule is O=C(NC(c1ccccc1)c1ccccc1)c1cnc[nH]c1=O. The molecule has 0 aliphatic heterocycles. The van der Waals surface area contributed by atoms with Crippen LogP contribution in [-0.4, -0.2) is 15.9 Å². The summed E-state index contributed by atoms with van der Waals surface area (Å²) in [6.45, 7) is 0. The molecule has 0 saturated heterocycles. The average molecular weight is 305 g/mol. The van der Waals surface area contributed by atoms with Crippen molar-refractivity contribution in [1.29, 1.82) is 0 Å². The number of hydrogen-bond acceptors (Lipinski definition) is 3. The summed E-state index contributed by atoms with van der Waals surface area (Å²) < 4.78 is 0. The predicted octanol–water partition coefficient (Wildman–Crippen LogP) is 2.29. The van der Waals surface area contributed by atoms with Crippen molar-refractivity contribution < 1.29 is 4.79 Å². The maximum Gasteiger partial charge on any atom is 0.263 e. The molecule has 1 amide bonds. The Morgan fingerprint density at radius 2 is 1.52 bits per heavy atom. The quantitative estimate of drug-likeness (QED) is 0.776. The highest BCUT2D eigenvalue weighted by atomic mass is 16.2. The zero-order valence-electron chi connectivity index (χ0n) is 12.3. The first-order valence-electron chi connectivity index (χ1n) is 7.19. The van der Waals surface area contributed by atoms with Gasteiger partial charge in [0.15, 0.2) is 0 Å². The summed E-state index contributed by atoms with van der Waals surface area (Å²) in [5.41, 5.74) is 1.40. The van der Waals surface area contributed by atoms with Gasteiger partial charge in [-0.1, -0.05) is 60.7 Å². The van der Waals surface area contributed by atoms with E-state index < -0.39 is 11.5 Å². The Balaban J connectivity index is 1.96. The van der Waals surface area contributed by atoms with Crippen molar-refractivity contribution in [1.82, 2.24) is 15.3 Å².